The Balaban J connectivity index is 1.64. The van der Waals surface area contributed by atoms with Gasteiger partial charge in [0.25, 0.3) is 0 Å². The van der Waals surface area contributed by atoms with Gasteiger partial charge in [-0.3, -0.25) is 13.6 Å². The first kappa shape index (κ1) is 18.6. The summed E-state index contributed by atoms with van der Waals surface area (Å²) >= 11 is 0. The van der Waals surface area contributed by atoms with Gasteiger partial charge in [0.05, 0.1) is 5.70 Å². The van der Waals surface area contributed by atoms with Gasteiger partial charge in [-0.05, 0) is 68.2 Å². The summed E-state index contributed by atoms with van der Waals surface area (Å²) in [6.07, 6.45) is 14.3. The number of halogens is 2. The highest BCUT2D eigenvalue weighted by molar-refractivity contribution is 6.41. The molecule has 7 aliphatic rings. The highest BCUT2D eigenvalue weighted by Crippen LogP contribution is 2.54. The molecule has 4 atom stereocenters. The SMILES string of the molecule is CC/C(=C1/N=C(C)C2=C1[C@H]1C=C[C@@H]2CC1)c1c2c(c(C)n1B(F)F)[C@@H]1C=C[C@H]2CC1. The van der Waals surface area contributed by atoms with Crippen LogP contribution in [0.15, 0.2) is 46.1 Å². The van der Waals surface area contributed by atoms with Crippen LogP contribution in [0, 0.1) is 18.8 Å². The third-order valence-corrected chi connectivity index (χ3v) is 8.08. The molecule has 4 bridgehead atoms. The molecule has 0 radical (unpaired) electrons. The van der Waals surface area contributed by atoms with Crippen molar-refractivity contribution in [2.75, 3.05) is 0 Å². The van der Waals surface area contributed by atoms with Crippen molar-refractivity contribution in [3.8, 4) is 0 Å². The summed E-state index contributed by atoms with van der Waals surface area (Å²) in [4.78, 5) is 5.05. The van der Waals surface area contributed by atoms with Gasteiger partial charge in [0.2, 0.25) is 0 Å². The number of nitrogens with zero attached hydrogens (tertiary/aromatic N) is 2. The zero-order valence-electron chi connectivity index (χ0n) is 17.9. The van der Waals surface area contributed by atoms with Gasteiger partial charge < -0.3 is 4.48 Å². The second-order valence-electron chi connectivity index (χ2n) is 9.46. The number of aromatic nitrogens is 1. The second-order valence-corrected chi connectivity index (χ2v) is 9.46. The maximum absolute atomic E-state index is 14.5. The van der Waals surface area contributed by atoms with Crippen LogP contribution in [0.1, 0.15) is 80.3 Å². The molecule has 1 aromatic rings. The van der Waals surface area contributed by atoms with Crippen LogP contribution in [0.4, 0.5) is 8.63 Å². The third kappa shape index (κ3) is 2.27. The molecule has 154 valence electrons. The third-order valence-electron chi connectivity index (χ3n) is 8.08. The molecule has 1 aliphatic heterocycles. The molecule has 0 fully saturated rings. The highest BCUT2D eigenvalue weighted by atomic mass is 19.2. The summed E-state index contributed by atoms with van der Waals surface area (Å²) in [7, 11) is -2.53. The van der Waals surface area contributed by atoms with Crippen molar-refractivity contribution in [1.29, 1.82) is 0 Å². The minimum absolute atomic E-state index is 0.253. The average Bonchev–Trinajstić information content (AvgIpc) is 3.29. The van der Waals surface area contributed by atoms with Crippen molar-refractivity contribution >= 4 is 18.7 Å². The summed E-state index contributed by atoms with van der Waals surface area (Å²) in [6, 6.07) is 0. The number of allylic oxidation sites excluding steroid dienone is 7. The first-order valence-electron chi connectivity index (χ1n) is 11.4. The zero-order valence-corrected chi connectivity index (χ0v) is 17.9. The summed E-state index contributed by atoms with van der Waals surface area (Å²) in [5.74, 6) is 1.36. The molecule has 0 N–H and O–H groups in total. The van der Waals surface area contributed by atoms with Gasteiger partial charge in [0.1, 0.15) is 0 Å². The highest BCUT2D eigenvalue weighted by Gasteiger charge is 2.42. The van der Waals surface area contributed by atoms with E-state index in [0.717, 1.165) is 58.8 Å². The Bertz CT molecular complexity index is 1110. The average molecular weight is 404 g/mol. The molecular formula is C25H27BF2N2. The van der Waals surface area contributed by atoms with E-state index in [1.54, 1.807) is 0 Å². The van der Waals surface area contributed by atoms with Gasteiger partial charge in [-0.1, -0.05) is 31.2 Å². The topological polar surface area (TPSA) is 17.3 Å². The van der Waals surface area contributed by atoms with Crippen LogP contribution in [0.3, 0.4) is 0 Å². The number of rotatable bonds is 3. The molecule has 0 spiro atoms. The maximum atomic E-state index is 14.5. The van der Waals surface area contributed by atoms with Crippen LogP contribution in [0.5, 0.6) is 0 Å². The Hall–Kier alpha value is -2.17. The molecule has 2 nitrogen and oxygen atoms in total. The Labute approximate surface area is 177 Å². The fourth-order valence-corrected chi connectivity index (χ4v) is 6.88. The molecule has 0 amide bonds. The lowest BCUT2D eigenvalue weighted by atomic mass is 9.69. The molecule has 1 aromatic heterocycles. The lowest BCUT2D eigenvalue weighted by molar-refractivity contribution is 0.501. The van der Waals surface area contributed by atoms with E-state index in [-0.39, 0.29) is 11.8 Å². The van der Waals surface area contributed by atoms with E-state index < -0.39 is 7.40 Å². The van der Waals surface area contributed by atoms with Crippen LogP contribution in [-0.4, -0.2) is 17.6 Å². The predicted molar refractivity (Wildman–Crippen MR) is 119 cm³/mol. The van der Waals surface area contributed by atoms with Gasteiger partial charge in [0, 0.05) is 46.3 Å². The lowest BCUT2D eigenvalue weighted by Gasteiger charge is -2.34. The number of hydrogen-bond donors (Lipinski definition) is 0. The summed E-state index contributed by atoms with van der Waals surface area (Å²) in [5, 5.41) is 0. The Morgan fingerprint density at radius 1 is 0.933 bits per heavy atom. The quantitative estimate of drug-likeness (QED) is 0.400. The van der Waals surface area contributed by atoms with Crippen molar-refractivity contribution in [3.05, 3.63) is 63.7 Å². The van der Waals surface area contributed by atoms with Crippen molar-refractivity contribution in [2.24, 2.45) is 16.8 Å². The molecular weight excluding hydrogens is 377 g/mol. The molecule has 2 heterocycles. The van der Waals surface area contributed by atoms with Gasteiger partial charge in [0.15, 0.2) is 0 Å². The molecule has 0 aromatic carbocycles. The van der Waals surface area contributed by atoms with E-state index in [2.05, 4.69) is 38.2 Å². The van der Waals surface area contributed by atoms with Gasteiger partial charge >= 0.3 is 7.40 Å². The Morgan fingerprint density at radius 3 is 2.07 bits per heavy atom. The van der Waals surface area contributed by atoms with E-state index in [9.17, 15) is 8.63 Å². The summed E-state index contributed by atoms with van der Waals surface area (Å²) in [5.41, 5.74) is 9.64. The summed E-state index contributed by atoms with van der Waals surface area (Å²) < 4.78 is 30.2. The molecule has 0 unspecified atom stereocenters. The van der Waals surface area contributed by atoms with Crippen molar-refractivity contribution in [1.82, 2.24) is 4.48 Å². The zero-order chi connectivity index (χ0) is 20.7. The molecule has 30 heavy (non-hydrogen) atoms. The van der Waals surface area contributed by atoms with Crippen molar-refractivity contribution in [3.63, 3.8) is 0 Å². The molecule has 0 saturated heterocycles. The normalized spacial score (nSPS) is 32.0. The molecule has 0 saturated carbocycles. The number of hydrogen-bond acceptors (Lipinski definition) is 1. The minimum atomic E-state index is -2.53. The Kier molecular flexibility index (Phi) is 3.98. The van der Waals surface area contributed by atoms with E-state index >= 15 is 0 Å². The van der Waals surface area contributed by atoms with Crippen LogP contribution >= 0.6 is 0 Å². The van der Waals surface area contributed by atoms with Crippen LogP contribution in [0.2, 0.25) is 0 Å². The van der Waals surface area contributed by atoms with E-state index in [1.807, 2.05) is 6.92 Å². The number of fused-ring (bicyclic) bond motifs is 2. The smallest absolute Gasteiger partial charge is 0.329 e. The first-order valence-corrected chi connectivity index (χ1v) is 11.4. The Morgan fingerprint density at radius 2 is 1.50 bits per heavy atom. The molecule has 8 rings (SSSR count). The van der Waals surface area contributed by atoms with Crippen molar-refractivity contribution in [2.45, 2.75) is 64.7 Å². The standard InChI is InChI=1S/C25H27BF2N2/c1-4-19(24-22-17-9-5-15(6-10-17)20(22)13(2)29-24)25-23-18-11-7-16(8-12-18)21(23)14(3)30(25)26(27)28/h5,7,9,11,15-18H,4,6,8,10,12H2,1-3H3/b24-19-/t15-,16-,17+,18+/m1/s1. The summed E-state index contributed by atoms with van der Waals surface area (Å²) in [6.45, 7) is 6.09. The van der Waals surface area contributed by atoms with E-state index in [0.29, 0.717) is 18.3 Å². The fraction of sp³-hybridized carbons (Fsp3) is 0.480. The van der Waals surface area contributed by atoms with Gasteiger partial charge in [-0.2, -0.15) is 0 Å². The van der Waals surface area contributed by atoms with Crippen LogP contribution < -0.4 is 0 Å². The number of aliphatic imine (C=N–C) groups is 1. The maximum Gasteiger partial charge on any atom is 0.677 e. The van der Waals surface area contributed by atoms with Crippen molar-refractivity contribution < 1.29 is 8.63 Å². The van der Waals surface area contributed by atoms with Gasteiger partial charge in [-0.25, -0.2) is 0 Å². The fourth-order valence-electron chi connectivity index (χ4n) is 6.88. The van der Waals surface area contributed by atoms with Crippen LogP contribution in [0.25, 0.3) is 5.57 Å². The molecule has 5 heteroatoms. The van der Waals surface area contributed by atoms with Gasteiger partial charge in [-0.15, -0.1) is 0 Å². The lowest BCUT2D eigenvalue weighted by Crippen LogP contribution is -2.24. The molecule has 6 aliphatic carbocycles. The first-order chi connectivity index (χ1) is 14.5. The monoisotopic (exact) mass is 404 g/mol. The second kappa shape index (κ2) is 6.42. The van der Waals surface area contributed by atoms with E-state index in [4.69, 9.17) is 4.99 Å². The van der Waals surface area contributed by atoms with Crippen LogP contribution in [-0.2, 0) is 0 Å². The largest absolute Gasteiger partial charge is 0.677 e. The minimum Gasteiger partial charge on any atom is -0.329 e. The predicted octanol–water partition coefficient (Wildman–Crippen LogP) is 6.59. The van der Waals surface area contributed by atoms with E-state index in [1.165, 1.54) is 22.0 Å².